The Bertz CT molecular complexity index is 194. The smallest absolute Gasteiger partial charge is 0.323 e. The molecule has 1 fully saturated rings. The second-order valence-electron chi connectivity index (χ2n) is 3.83. The third kappa shape index (κ3) is 2.19. The van der Waals surface area contributed by atoms with E-state index in [4.69, 9.17) is 10.5 Å². The molecule has 0 saturated carbocycles. The standard InChI is InChI=1S/C9H18N2O2/c1-6(2)11-5-7(10)4-8(11)9(12)13-3/h6-8H,4-5,10H2,1-3H3/t7-,8-/m1/s1. The molecular weight excluding hydrogens is 168 g/mol. The van der Waals surface area contributed by atoms with E-state index in [1.54, 1.807) is 0 Å². The van der Waals surface area contributed by atoms with Gasteiger partial charge in [0.2, 0.25) is 0 Å². The van der Waals surface area contributed by atoms with Crippen molar-refractivity contribution in [2.24, 2.45) is 5.73 Å². The highest BCUT2D eigenvalue weighted by Gasteiger charge is 2.36. The fourth-order valence-corrected chi connectivity index (χ4v) is 1.83. The first kappa shape index (κ1) is 10.5. The Morgan fingerprint density at radius 3 is 2.69 bits per heavy atom. The van der Waals surface area contributed by atoms with Crippen molar-refractivity contribution in [2.75, 3.05) is 13.7 Å². The van der Waals surface area contributed by atoms with E-state index in [0.29, 0.717) is 12.5 Å². The molecule has 1 heterocycles. The summed E-state index contributed by atoms with van der Waals surface area (Å²) in [5, 5.41) is 0. The van der Waals surface area contributed by atoms with Gasteiger partial charge >= 0.3 is 5.97 Å². The van der Waals surface area contributed by atoms with Gasteiger partial charge in [-0.05, 0) is 20.3 Å². The number of methoxy groups -OCH3 is 1. The van der Waals surface area contributed by atoms with E-state index in [0.717, 1.165) is 6.54 Å². The maximum absolute atomic E-state index is 11.4. The van der Waals surface area contributed by atoms with Crippen LogP contribution in [0.1, 0.15) is 20.3 Å². The molecule has 1 aliphatic heterocycles. The average molecular weight is 186 g/mol. The van der Waals surface area contributed by atoms with Gasteiger partial charge in [0.1, 0.15) is 6.04 Å². The first-order chi connectivity index (χ1) is 6.06. The first-order valence-electron chi connectivity index (χ1n) is 4.65. The molecule has 0 aromatic carbocycles. The van der Waals surface area contributed by atoms with Gasteiger partial charge in [0, 0.05) is 18.6 Å². The van der Waals surface area contributed by atoms with Crippen molar-refractivity contribution in [1.82, 2.24) is 4.90 Å². The molecular formula is C9H18N2O2. The summed E-state index contributed by atoms with van der Waals surface area (Å²) in [7, 11) is 1.42. The van der Waals surface area contributed by atoms with Gasteiger partial charge in [-0.1, -0.05) is 0 Å². The van der Waals surface area contributed by atoms with Gasteiger partial charge in [-0.3, -0.25) is 9.69 Å². The van der Waals surface area contributed by atoms with Crippen molar-refractivity contribution >= 4 is 5.97 Å². The Balaban J connectivity index is 2.66. The van der Waals surface area contributed by atoms with Gasteiger partial charge in [0.05, 0.1) is 7.11 Å². The third-order valence-electron chi connectivity index (χ3n) is 2.51. The van der Waals surface area contributed by atoms with Crippen LogP contribution < -0.4 is 5.73 Å². The van der Waals surface area contributed by atoms with E-state index < -0.39 is 0 Å². The zero-order valence-corrected chi connectivity index (χ0v) is 8.49. The largest absolute Gasteiger partial charge is 0.468 e. The van der Waals surface area contributed by atoms with Crippen molar-refractivity contribution in [3.8, 4) is 0 Å². The summed E-state index contributed by atoms with van der Waals surface area (Å²) in [6.07, 6.45) is 0.713. The second kappa shape index (κ2) is 4.07. The Hall–Kier alpha value is -0.610. The summed E-state index contributed by atoms with van der Waals surface area (Å²) < 4.78 is 4.73. The van der Waals surface area contributed by atoms with Gasteiger partial charge in [-0.2, -0.15) is 0 Å². The van der Waals surface area contributed by atoms with E-state index in [1.807, 2.05) is 0 Å². The molecule has 0 spiro atoms. The number of ether oxygens (including phenoxy) is 1. The highest BCUT2D eigenvalue weighted by Crippen LogP contribution is 2.20. The Labute approximate surface area is 79.0 Å². The predicted molar refractivity (Wildman–Crippen MR) is 50.2 cm³/mol. The first-order valence-corrected chi connectivity index (χ1v) is 4.65. The van der Waals surface area contributed by atoms with Crippen LogP contribution in [0.4, 0.5) is 0 Å². The molecule has 1 rings (SSSR count). The van der Waals surface area contributed by atoms with Gasteiger partial charge in [-0.15, -0.1) is 0 Å². The highest BCUT2D eigenvalue weighted by atomic mass is 16.5. The van der Waals surface area contributed by atoms with E-state index in [1.165, 1.54) is 7.11 Å². The molecule has 0 unspecified atom stereocenters. The Morgan fingerprint density at radius 1 is 1.62 bits per heavy atom. The van der Waals surface area contributed by atoms with Crippen LogP contribution in [0.5, 0.6) is 0 Å². The van der Waals surface area contributed by atoms with Crippen LogP contribution in [0, 0.1) is 0 Å². The van der Waals surface area contributed by atoms with E-state index in [9.17, 15) is 4.79 Å². The van der Waals surface area contributed by atoms with Crippen LogP contribution in [0.15, 0.2) is 0 Å². The summed E-state index contributed by atoms with van der Waals surface area (Å²) in [5.74, 6) is -0.165. The van der Waals surface area contributed by atoms with Crippen LogP contribution in [-0.4, -0.2) is 42.6 Å². The van der Waals surface area contributed by atoms with Crippen LogP contribution in [0.2, 0.25) is 0 Å². The lowest BCUT2D eigenvalue weighted by molar-refractivity contribution is -0.146. The monoisotopic (exact) mass is 186 g/mol. The van der Waals surface area contributed by atoms with Gasteiger partial charge in [0.25, 0.3) is 0 Å². The molecule has 0 radical (unpaired) electrons. The maximum Gasteiger partial charge on any atom is 0.323 e. The fourth-order valence-electron chi connectivity index (χ4n) is 1.83. The molecule has 0 aliphatic carbocycles. The summed E-state index contributed by atoms with van der Waals surface area (Å²) in [4.78, 5) is 13.4. The van der Waals surface area contributed by atoms with Crippen LogP contribution in [-0.2, 0) is 9.53 Å². The van der Waals surface area contributed by atoms with E-state index in [2.05, 4.69) is 18.7 Å². The SMILES string of the molecule is COC(=O)[C@H]1C[C@@H](N)CN1C(C)C. The van der Waals surface area contributed by atoms with Gasteiger partial charge in [0.15, 0.2) is 0 Å². The Kier molecular flexibility index (Phi) is 3.27. The lowest BCUT2D eigenvalue weighted by Gasteiger charge is -2.25. The van der Waals surface area contributed by atoms with Crippen molar-refractivity contribution in [1.29, 1.82) is 0 Å². The lowest BCUT2D eigenvalue weighted by atomic mass is 10.2. The van der Waals surface area contributed by atoms with Crippen LogP contribution >= 0.6 is 0 Å². The second-order valence-corrected chi connectivity index (χ2v) is 3.83. The number of hydrogen-bond acceptors (Lipinski definition) is 4. The lowest BCUT2D eigenvalue weighted by Crippen LogP contribution is -2.41. The molecule has 13 heavy (non-hydrogen) atoms. The minimum absolute atomic E-state index is 0.103. The van der Waals surface area contributed by atoms with Gasteiger partial charge < -0.3 is 10.5 Å². The number of carbonyl (C=O) groups excluding carboxylic acids is 1. The molecule has 76 valence electrons. The van der Waals surface area contributed by atoms with Crippen molar-refractivity contribution in [2.45, 2.75) is 38.4 Å². The summed E-state index contributed by atoms with van der Waals surface area (Å²) >= 11 is 0. The highest BCUT2D eigenvalue weighted by molar-refractivity contribution is 5.76. The average Bonchev–Trinajstić information content (AvgIpc) is 2.46. The zero-order valence-electron chi connectivity index (χ0n) is 8.49. The van der Waals surface area contributed by atoms with Gasteiger partial charge in [-0.25, -0.2) is 0 Å². The fraction of sp³-hybridized carbons (Fsp3) is 0.889. The van der Waals surface area contributed by atoms with Crippen LogP contribution in [0.3, 0.4) is 0 Å². The minimum Gasteiger partial charge on any atom is -0.468 e. The number of hydrogen-bond donors (Lipinski definition) is 1. The number of likely N-dealkylation sites (tertiary alicyclic amines) is 1. The van der Waals surface area contributed by atoms with Crippen molar-refractivity contribution in [3.05, 3.63) is 0 Å². The molecule has 2 N–H and O–H groups in total. The summed E-state index contributed by atoms with van der Waals surface area (Å²) in [6, 6.07) is 0.309. The topological polar surface area (TPSA) is 55.6 Å². The zero-order chi connectivity index (χ0) is 10.0. The van der Waals surface area contributed by atoms with Crippen LogP contribution in [0.25, 0.3) is 0 Å². The normalized spacial score (nSPS) is 29.6. The molecule has 1 aliphatic rings. The number of nitrogens with zero attached hydrogens (tertiary/aromatic N) is 1. The number of rotatable bonds is 2. The van der Waals surface area contributed by atoms with E-state index in [-0.39, 0.29) is 18.1 Å². The summed E-state index contributed by atoms with van der Waals surface area (Å²) in [6.45, 7) is 4.92. The van der Waals surface area contributed by atoms with Crippen molar-refractivity contribution < 1.29 is 9.53 Å². The molecule has 1 saturated heterocycles. The Morgan fingerprint density at radius 2 is 2.23 bits per heavy atom. The number of carbonyl (C=O) groups is 1. The number of nitrogens with two attached hydrogens (primary N) is 1. The molecule has 0 amide bonds. The molecule has 2 atom stereocenters. The number of esters is 1. The molecule has 0 aromatic heterocycles. The molecule has 4 heteroatoms. The summed E-state index contributed by atoms with van der Waals surface area (Å²) in [5.41, 5.74) is 5.80. The maximum atomic E-state index is 11.4. The molecule has 0 aromatic rings. The third-order valence-corrected chi connectivity index (χ3v) is 2.51. The van der Waals surface area contributed by atoms with Crippen molar-refractivity contribution in [3.63, 3.8) is 0 Å². The quantitative estimate of drug-likeness (QED) is 0.615. The molecule has 4 nitrogen and oxygen atoms in total. The van der Waals surface area contributed by atoms with E-state index >= 15 is 0 Å². The molecule has 0 bridgehead atoms. The minimum atomic E-state index is -0.165. The predicted octanol–water partition coefficient (Wildman–Crippen LogP) is -0.0306.